The zero-order valence-corrected chi connectivity index (χ0v) is 12.0. The SMILES string of the molecule is C/C=C(\NC(C)=O)N1CCC(N2CCOCC2)CC1. The summed E-state index contributed by atoms with van der Waals surface area (Å²) in [5, 5.41) is 2.91. The zero-order valence-electron chi connectivity index (χ0n) is 12.0. The van der Waals surface area contributed by atoms with Gasteiger partial charge in [0.1, 0.15) is 5.82 Å². The van der Waals surface area contributed by atoms with E-state index in [1.54, 1.807) is 6.92 Å². The van der Waals surface area contributed by atoms with E-state index in [-0.39, 0.29) is 5.91 Å². The van der Waals surface area contributed by atoms with Crippen LogP contribution in [0.15, 0.2) is 11.9 Å². The van der Waals surface area contributed by atoms with Gasteiger partial charge in [0.05, 0.1) is 13.2 Å². The average Bonchev–Trinajstić information content (AvgIpc) is 2.46. The van der Waals surface area contributed by atoms with Crippen LogP contribution in [0.3, 0.4) is 0 Å². The lowest BCUT2D eigenvalue weighted by Gasteiger charge is -2.41. The van der Waals surface area contributed by atoms with Crippen LogP contribution in [0.5, 0.6) is 0 Å². The van der Waals surface area contributed by atoms with Crippen molar-refractivity contribution in [1.29, 1.82) is 0 Å². The van der Waals surface area contributed by atoms with Crippen LogP contribution in [0, 0.1) is 0 Å². The van der Waals surface area contributed by atoms with Crippen molar-refractivity contribution >= 4 is 5.91 Å². The minimum absolute atomic E-state index is 0.00315. The molecule has 5 nitrogen and oxygen atoms in total. The number of allylic oxidation sites excluding steroid dienone is 1. The molecule has 2 aliphatic rings. The van der Waals surface area contributed by atoms with Gasteiger partial charge in [-0.2, -0.15) is 0 Å². The molecule has 5 heteroatoms. The van der Waals surface area contributed by atoms with Gasteiger partial charge in [-0.15, -0.1) is 0 Å². The van der Waals surface area contributed by atoms with Crippen molar-refractivity contribution in [3.63, 3.8) is 0 Å². The molecule has 0 radical (unpaired) electrons. The van der Waals surface area contributed by atoms with Gasteiger partial charge in [-0.3, -0.25) is 9.69 Å². The maximum absolute atomic E-state index is 11.2. The van der Waals surface area contributed by atoms with Gasteiger partial charge in [0.15, 0.2) is 0 Å². The summed E-state index contributed by atoms with van der Waals surface area (Å²) in [5.41, 5.74) is 0. The second kappa shape index (κ2) is 6.91. The van der Waals surface area contributed by atoms with Gasteiger partial charge in [-0.1, -0.05) is 0 Å². The molecular formula is C14H25N3O2. The number of carbonyl (C=O) groups is 1. The Labute approximate surface area is 115 Å². The third-order valence-corrected chi connectivity index (χ3v) is 3.94. The van der Waals surface area contributed by atoms with Gasteiger partial charge >= 0.3 is 0 Å². The second-order valence-electron chi connectivity index (χ2n) is 5.22. The summed E-state index contributed by atoms with van der Waals surface area (Å²) < 4.78 is 5.40. The first kappa shape index (κ1) is 14.3. The molecule has 2 saturated heterocycles. The first-order chi connectivity index (χ1) is 9.20. The van der Waals surface area contributed by atoms with Crippen molar-refractivity contribution in [3.05, 3.63) is 11.9 Å². The molecule has 2 rings (SSSR count). The number of nitrogens with zero attached hydrogens (tertiary/aromatic N) is 2. The second-order valence-corrected chi connectivity index (χ2v) is 5.22. The monoisotopic (exact) mass is 267 g/mol. The largest absolute Gasteiger partial charge is 0.379 e. The Balaban J connectivity index is 1.82. The van der Waals surface area contributed by atoms with E-state index < -0.39 is 0 Å². The number of ether oxygens (including phenoxy) is 1. The number of amides is 1. The summed E-state index contributed by atoms with van der Waals surface area (Å²) in [5.74, 6) is 0.955. The molecule has 0 unspecified atom stereocenters. The van der Waals surface area contributed by atoms with Gasteiger partial charge in [0.25, 0.3) is 0 Å². The highest BCUT2D eigenvalue weighted by Gasteiger charge is 2.26. The Morgan fingerprint density at radius 2 is 1.84 bits per heavy atom. The van der Waals surface area contributed by atoms with Gasteiger partial charge in [-0.05, 0) is 25.8 Å². The summed E-state index contributed by atoms with van der Waals surface area (Å²) in [6.07, 6.45) is 4.31. The topological polar surface area (TPSA) is 44.8 Å². The molecule has 0 aliphatic carbocycles. The number of morpholine rings is 1. The first-order valence-electron chi connectivity index (χ1n) is 7.21. The third kappa shape index (κ3) is 3.94. The predicted molar refractivity (Wildman–Crippen MR) is 74.6 cm³/mol. The van der Waals surface area contributed by atoms with Crippen molar-refractivity contribution in [3.8, 4) is 0 Å². The van der Waals surface area contributed by atoms with Crippen LogP contribution in [0.1, 0.15) is 26.7 Å². The fourth-order valence-corrected chi connectivity index (χ4v) is 2.93. The Hall–Kier alpha value is -1.07. The number of carbonyl (C=O) groups excluding carboxylic acids is 1. The van der Waals surface area contributed by atoms with Crippen LogP contribution in [0.2, 0.25) is 0 Å². The highest BCUT2D eigenvalue weighted by molar-refractivity contribution is 5.74. The minimum atomic E-state index is 0.00315. The van der Waals surface area contributed by atoms with Crippen LogP contribution >= 0.6 is 0 Å². The van der Waals surface area contributed by atoms with E-state index in [0.717, 1.165) is 58.1 Å². The maximum Gasteiger partial charge on any atom is 0.222 e. The predicted octanol–water partition coefficient (Wildman–Crippen LogP) is 0.780. The summed E-state index contributed by atoms with van der Waals surface area (Å²) in [6, 6.07) is 0.676. The van der Waals surface area contributed by atoms with E-state index in [2.05, 4.69) is 15.1 Å². The number of hydrogen-bond acceptors (Lipinski definition) is 4. The van der Waals surface area contributed by atoms with Crippen molar-refractivity contribution in [2.75, 3.05) is 39.4 Å². The van der Waals surface area contributed by atoms with E-state index in [9.17, 15) is 4.79 Å². The number of hydrogen-bond donors (Lipinski definition) is 1. The van der Waals surface area contributed by atoms with E-state index in [1.807, 2.05) is 13.0 Å². The molecule has 2 aliphatic heterocycles. The molecule has 0 aromatic rings. The molecule has 1 amide bonds. The van der Waals surface area contributed by atoms with Crippen LogP contribution in [0.25, 0.3) is 0 Å². The average molecular weight is 267 g/mol. The summed E-state index contributed by atoms with van der Waals surface area (Å²) >= 11 is 0. The summed E-state index contributed by atoms with van der Waals surface area (Å²) in [7, 11) is 0. The maximum atomic E-state index is 11.2. The zero-order chi connectivity index (χ0) is 13.7. The lowest BCUT2D eigenvalue weighted by Crippen LogP contribution is -2.49. The number of likely N-dealkylation sites (tertiary alicyclic amines) is 1. The molecule has 0 spiro atoms. The Morgan fingerprint density at radius 3 is 2.37 bits per heavy atom. The van der Waals surface area contributed by atoms with Crippen molar-refractivity contribution in [2.45, 2.75) is 32.7 Å². The molecule has 0 bridgehead atoms. The van der Waals surface area contributed by atoms with Crippen LogP contribution < -0.4 is 5.32 Å². The van der Waals surface area contributed by atoms with Gasteiger partial charge < -0.3 is 15.0 Å². The van der Waals surface area contributed by atoms with Crippen molar-refractivity contribution in [2.24, 2.45) is 0 Å². The minimum Gasteiger partial charge on any atom is -0.379 e. The molecule has 0 aromatic heterocycles. The lowest BCUT2D eigenvalue weighted by atomic mass is 10.0. The van der Waals surface area contributed by atoms with E-state index in [1.165, 1.54) is 0 Å². The molecule has 108 valence electrons. The number of rotatable bonds is 3. The number of piperidine rings is 1. The molecule has 1 N–H and O–H groups in total. The van der Waals surface area contributed by atoms with E-state index >= 15 is 0 Å². The molecule has 2 heterocycles. The fraction of sp³-hybridized carbons (Fsp3) is 0.786. The Kier molecular flexibility index (Phi) is 5.22. The highest BCUT2D eigenvalue weighted by Crippen LogP contribution is 2.19. The molecule has 0 saturated carbocycles. The Bertz CT molecular complexity index is 330. The third-order valence-electron chi connectivity index (χ3n) is 3.94. The van der Waals surface area contributed by atoms with Gasteiger partial charge in [0.2, 0.25) is 5.91 Å². The quantitative estimate of drug-likeness (QED) is 0.821. The standard InChI is InChI=1S/C14H25N3O2/c1-3-14(15-12(2)18)17-6-4-13(5-7-17)16-8-10-19-11-9-16/h3,13H,4-11H2,1-2H3,(H,15,18)/b14-3+. The molecule has 2 fully saturated rings. The van der Waals surface area contributed by atoms with Crippen LogP contribution in [-0.2, 0) is 9.53 Å². The molecule has 0 aromatic carbocycles. The molecule has 0 atom stereocenters. The molecular weight excluding hydrogens is 242 g/mol. The number of nitrogens with one attached hydrogen (secondary N) is 1. The van der Waals surface area contributed by atoms with Gasteiger partial charge in [0, 0.05) is 39.1 Å². The van der Waals surface area contributed by atoms with Crippen molar-refractivity contribution in [1.82, 2.24) is 15.1 Å². The summed E-state index contributed by atoms with van der Waals surface area (Å²) in [6.45, 7) is 9.42. The van der Waals surface area contributed by atoms with Crippen molar-refractivity contribution < 1.29 is 9.53 Å². The Morgan fingerprint density at radius 1 is 1.21 bits per heavy atom. The van der Waals surface area contributed by atoms with Crippen LogP contribution in [-0.4, -0.2) is 61.1 Å². The normalized spacial score (nSPS) is 23.5. The first-order valence-corrected chi connectivity index (χ1v) is 7.21. The molecule has 19 heavy (non-hydrogen) atoms. The summed E-state index contributed by atoms with van der Waals surface area (Å²) in [4.78, 5) is 16.0. The van der Waals surface area contributed by atoms with Gasteiger partial charge in [-0.25, -0.2) is 0 Å². The van der Waals surface area contributed by atoms with E-state index in [0.29, 0.717) is 6.04 Å². The van der Waals surface area contributed by atoms with Crippen LogP contribution in [0.4, 0.5) is 0 Å². The lowest BCUT2D eigenvalue weighted by molar-refractivity contribution is -0.118. The fourth-order valence-electron chi connectivity index (χ4n) is 2.93. The highest BCUT2D eigenvalue weighted by atomic mass is 16.5. The smallest absolute Gasteiger partial charge is 0.222 e. The van der Waals surface area contributed by atoms with E-state index in [4.69, 9.17) is 4.74 Å².